The van der Waals surface area contributed by atoms with Gasteiger partial charge >= 0.3 is 0 Å². The van der Waals surface area contributed by atoms with Crippen LogP contribution in [0.1, 0.15) is 0 Å². The maximum absolute atomic E-state index is 2.50. The Labute approximate surface area is 332 Å². The van der Waals surface area contributed by atoms with Crippen molar-refractivity contribution in [3.63, 3.8) is 0 Å². The Morgan fingerprint density at radius 1 is 0.386 bits per heavy atom. The normalized spacial score (nSPS) is 13.2. The SMILES string of the molecule is C[Si]1(C)c2ccccc2-c2ccc(-c3cc4ccc5cc(N(c6ccccc6)c6ccc7c(c6)c6ccccc6n7-c6ccccc6)cc6ccc(c3)c4c56)cc21. The number of anilines is 3. The summed E-state index contributed by atoms with van der Waals surface area (Å²) >= 11 is 0. The van der Waals surface area contributed by atoms with E-state index in [1.54, 1.807) is 10.4 Å². The van der Waals surface area contributed by atoms with E-state index in [9.17, 15) is 0 Å². The zero-order valence-electron chi connectivity index (χ0n) is 31.9. The third-order valence-corrected chi connectivity index (χ3v) is 16.2. The summed E-state index contributed by atoms with van der Waals surface area (Å²) in [5.41, 5.74) is 12.4. The molecule has 2 nitrogen and oxygen atoms in total. The van der Waals surface area contributed by atoms with E-state index in [0.29, 0.717) is 0 Å². The minimum absolute atomic E-state index is 1.13. The maximum Gasteiger partial charge on any atom is 0.113 e. The van der Waals surface area contributed by atoms with E-state index in [1.807, 2.05) is 0 Å². The molecule has 0 saturated heterocycles. The molecule has 57 heavy (non-hydrogen) atoms. The van der Waals surface area contributed by atoms with Gasteiger partial charge in [-0.25, -0.2) is 0 Å². The highest BCUT2D eigenvalue weighted by atomic mass is 28.3. The lowest BCUT2D eigenvalue weighted by Crippen LogP contribution is -2.49. The minimum atomic E-state index is -1.77. The van der Waals surface area contributed by atoms with Gasteiger partial charge in [-0.1, -0.05) is 134 Å². The van der Waals surface area contributed by atoms with Gasteiger partial charge in [0.2, 0.25) is 0 Å². The van der Waals surface area contributed by atoms with Gasteiger partial charge in [0.05, 0.1) is 11.0 Å². The van der Waals surface area contributed by atoms with Gasteiger partial charge in [-0.2, -0.15) is 0 Å². The van der Waals surface area contributed by atoms with Crippen LogP contribution < -0.4 is 15.3 Å². The van der Waals surface area contributed by atoms with Crippen LogP contribution >= 0.6 is 0 Å². The molecular weight excluding hydrogens is 705 g/mol. The molecule has 0 aliphatic carbocycles. The molecule has 1 aromatic heterocycles. The molecular formula is C54H38N2Si. The number of aromatic nitrogens is 1. The lowest BCUT2D eigenvalue weighted by Gasteiger charge is -2.27. The summed E-state index contributed by atoms with van der Waals surface area (Å²) in [4.78, 5) is 2.41. The molecule has 0 spiro atoms. The number of para-hydroxylation sites is 3. The second-order valence-corrected chi connectivity index (χ2v) is 20.5. The maximum atomic E-state index is 2.50. The molecule has 0 radical (unpaired) electrons. The largest absolute Gasteiger partial charge is 0.310 e. The average molecular weight is 743 g/mol. The molecule has 0 saturated carbocycles. The molecule has 1 aliphatic rings. The van der Waals surface area contributed by atoms with Crippen molar-refractivity contribution < 1.29 is 0 Å². The molecule has 268 valence electrons. The molecule has 12 rings (SSSR count). The van der Waals surface area contributed by atoms with Crippen LogP contribution in [0.4, 0.5) is 17.1 Å². The topological polar surface area (TPSA) is 8.17 Å². The summed E-state index contributed by atoms with van der Waals surface area (Å²) in [7, 11) is -1.77. The van der Waals surface area contributed by atoms with Crippen LogP contribution in [-0.4, -0.2) is 12.6 Å². The van der Waals surface area contributed by atoms with Crippen LogP contribution in [0.15, 0.2) is 194 Å². The molecule has 0 fully saturated rings. The van der Waals surface area contributed by atoms with E-state index < -0.39 is 8.07 Å². The molecule has 0 amide bonds. The summed E-state index contributed by atoms with van der Waals surface area (Å²) < 4.78 is 2.38. The molecule has 2 heterocycles. The van der Waals surface area contributed by atoms with Crippen LogP contribution in [0.2, 0.25) is 13.1 Å². The molecule has 0 atom stereocenters. The highest BCUT2D eigenvalue weighted by molar-refractivity contribution is 7.03. The van der Waals surface area contributed by atoms with Gasteiger partial charge in [0.15, 0.2) is 0 Å². The molecule has 0 N–H and O–H groups in total. The predicted octanol–water partition coefficient (Wildman–Crippen LogP) is 13.6. The second kappa shape index (κ2) is 12.0. The fourth-order valence-electron chi connectivity index (χ4n) is 9.98. The van der Waals surface area contributed by atoms with Gasteiger partial charge in [-0.15, -0.1) is 0 Å². The highest BCUT2D eigenvalue weighted by Crippen LogP contribution is 2.44. The van der Waals surface area contributed by atoms with E-state index in [-0.39, 0.29) is 0 Å². The third-order valence-electron chi connectivity index (χ3n) is 12.6. The quantitative estimate of drug-likeness (QED) is 0.126. The summed E-state index contributed by atoms with van der Waals surface area (Å²) in [6.45, 7) is 5.00. The zero-order valence-corrected chi connectivity index (χ0v) is 32.9. The van der Waals surface area contributed by atoms with Crippen LogP contribution in [0.25, 0.3) is 82.1 Å². The van der Waals surface area contributed by atoms with Crippen molar-refractivity contribution in [2.45, 2.75) is 13.1 Å². The Bertz CT molecular complexity index is 3310. The predicted molar refractivity (Wildman–Crippen MR) is 247 cm³/mol. The van der Waals surface area contributed by atoms with Gasteiger partial charge in [0.25, 0.3) is 0 Å². The molecule has 3 heteroatoms. The van der Waals surface area contributed by atoms with Crippen molar-refractivity contribution in [1.82, 2.24) is 4.57 Å². The smallest absolute Gasteiger partial charge is 0.113 e. The van der Waals surface area contributed by atoms with Crippen molar-refractivity contribution in [2.24, 2.45) is 0 Å². The van der Waals surface area contributed by atoms with Crippen LogP contribution in [-0.2, 0) is 0 Å². The third kappa shape index (κ3) is 4.76. The number of fused-ring (bicyclic) bond motifs is 6. The Morgan fingerprint density at radius 2 is 0.982 bits per heavy atom. The number of hydrogen-bond acceptors (Lipinski definition) is 1. The Hall–Kier alpha value is -6.94. The van der Waals surface area contributed by atoms with Gasteiger partial charge in [-0.3, -0.25) is 0 Å². The van der Waals surface area contributed by atoms with Gasteiger partial charge in [0.1, 0.15) is 8.07 Å². The fraction of sp³-hybridized carbons (Fsp3) is 0.0370. The highest BCUT2D eigenvalue weighted by Gasteiger charge is 2.37. The lowest BCUT2D eigenvalue weighted by atomic mass is 9.90. The molecule has 11 aromatic rings. The van der Waals surface area contributed by atoms with E-state index in [0.717, 1.165) is 17.1 Å². The number of benzene rings is 10. The van der Waals surface area contributed by atoms with Crippen molar-refractivity contribution in [3.8, 4) is 27.9 Å². The van der Waals surface area contributed by atoms with Crippen molar-refractivity contribution in [2.75, 3.05) is 4.90 Å². The first-order valence-corrected chi connectivity index (χ1v) is 22.9. The zero-order chi connectivity index (χ0) is 37.8. The summed E-state index contributed by atoms with van der Waals surface area (Å²) in [5.74, 6) is 0. The molecule has 0 unspecified atom stereocenters. The molecule has 10 aromatic carbocycles. The van der Waals surface area contributed by atoms with Gasteiger partial charge < -0.3 is 9.47 Å². The average Bonchev–Trinajstić information content (AvgIpc) is 3.71. The summed E-state index contributed by atoms with van der Waals surface area (Å²) in [5, 5.41) is 13.3. The standard InChI is InChI=1S/C54H38N2Si/c1-57(2)51-20-12-10-18-46(51)47-27-25-35(33-52(47)57)40-29-36-21-23-38-31-44(32-39-24-22-37(30-40)53(36)54(38)39)55(41-13-5-3-6-14-41)43-26-28-50-48(34-43)45-17-9-11-19-49(45)56(50)42-15-7-4-8-16-42/h3-34H,1-2H3. The van der Waals surface area contributed by atoms with Gasteiger partial charge in [0, 0.05) is 33.5 Å². The van der Waals surface area contributed by atoms with E-state index in [2.05, 4.69) is 217 Å². The van der Waals surface area contributed by atoms with Crippen LogP contribution in [0.5, 0.6) is 0 Å². The van der Waals surface area contributed by atoms with E-state index >= 15 is 0 Å². The summed E-state index contributed by atoms with van der Waals surface area (Å²) in [6, 6.07) is 72.3. The molecule has 1 aliphatic heterocycles. The number of rotatable bonds is 5. The second-order valence-electron chi connectivity index (χ2n) is 16.2. The van der Waals surface area contributed by atoms with Gasteiger partial charge in [-0.05, 0) is 138 Å². The fourth-order valence-corrected chi connectivity index (χ4v) is 13.1. The number of nitrogens with zero attached hydrogens (tertiary/aromatic N) is 2. The first-order valence-electron chi connectivity index (χ1n) is 19.9. The Balaban J connectivity index is 1.00. The first-order chi connectivity index (χ1) is 28.0. The monoisotopic (exact) mass is 742 g/mol. The lowest BCUT2D eigenvalue weighted by molar-refractivity contribution is 1.18. The first kappa shape index (κ1) is 32.3. The van der Waals surface area contributed by atoms with E-state index in [1.165, 1.54) is 82.1 Å². The minimum Gasteiger partial charge on any atom is -0.310 e. The summed E-state index contributed by atoms with van der Waals surface area (Å²) in [6.07, 6.45) is 0. The Morgan fingerprint density at radius 3 is 1.72 bits per heavy atom. The van der Waals surface area contributed by atoms with Crippen molar-refractivity contribution >= 4 is 89.6 Å². The van der Waals surface area contributed by atoms with Crippen LogP contribution in [0.3, 0.4) is 0 Å². The van der Waals surface area contributed by atoms with Crippen LogP contribution in [0, 0.1) is 0 Å². The van der Waals surface area contributed by atoms with Crippen molar-refractivity contribution in [3.05, 3.63) is 194 Å². The van der Waals surface area contributed by atoms with Crippen molar-refractivity contribution in [1.29, 1.82) is 0 Å². The Kier molecular flexibility index (Phi) is 6.82. The molecule has 0 bridgehead atoms. The number of hydrogen-bond donors (Lipinski definition) is 0. The van der Waals surface area contributed by atoms with E-state index in [4.69, 9.17) is 0 Å².